The van der Waals surface area contributed by atoms with Gasteiger partial charge in [-0.1, -0.05) is 18.9 Å². The van der Waals surface area contributed by atoms with Gasteiger partial charge in [0, 0.05) is 6.04 Å². The van der Waals surface area contributed by atoms with E-state index in [4.69, 9.17) is 0 Å². The smallest absolute Gasteiger partial charge is 0.0376 e. The zero-order valence-corrected chi connectivity index (χ0v) is 8.91. The molecule has 0 bridgehead atoms. The summed E-state index contributed by atoms with van der Waals surface area (Å²) >= 11 is 1.88. The molecular formula is C10H19NS. The molecule has 0 aromatic heterocycles. The summed E-state index contributed by atoms with van der Waals surface area (Å²) < 4.78 is 0. The molecule has 0 spiro atoms. The van der Waals surface area contributed by atoms with Crippen molar-refractivity contribution in [3.63, 3.8) is 0 Å². The molecule has 1 fully saturated rings. The highest BCUT2D eigenvalue weighted by molar-refractivity contribution is 8.02. The van der Waals surface area contributed by atoms with Crippen LogP contribution >= 0.6 is 11.8 Å². The summed E-state index contributed by atoms with van der Waals surface area (Å²) in [6.45, 7) is 3.33. The molecule has 1 N–H and O–H groups in total. The SMILES string of the molecule is C/C=C(\SC)C1CCCCCN1. The van der Waals surface area contributed by atoms with Crippen LogP contribution in [0.1, 0.15) is 32.6 Å². The standard InChI is InChI=1S/C10H19NS/c1-3-10(12-2)9-7-5-4-6-8-11-9/h3,9,11H,4-8H2,1-2H3/b10-3-. The van der Waals surface area contributed by atoms with E-state index in [9.17, 15) is 0 Å². The third-order valence-electron chi connectivity index (χ3n) is 2.42. The lowest BCUT2D eigenvalue weighted by Crippen LogP contribution is -2.28. The molecule has 1 unspecified atom stereocenters. The predicted octanol–water partition coefficient (Wildman–Crippen LogP) is 2.79. The van der Waals surface area contributed by atoms with Crippen LogP contribution in [0.2, 0.25) is 0 Å². The van der Waals surface area contributed by atoms with E-state index in [1.54, 1.807) is 0 Å². The van der Waals surface area contributed by atoms with E-state index in [0.717, 1.165) is 0 Å². The van der Waals surface area contributed by atoms with Crippen molar-refractivity contribution in [1.29, 1.82) is 0 Å². The highest BCUT2D eigenvalue weighted by Crippen LogP contribution is 2.22. The second-order valence-corrected chi connectivity index (χ2v) is 4.13. The summed E-state index contributed by atoms with van der Waals surface area (Å²) in [5.74, 6) is 0. The molecule has 2 heteroatoms. The van der Waals surface area contributed by atoms with Crippen LogP contribution in [0.25, 0.3) is 0 Å². The molecule has 0 aliphatic carbocycles. The maximum atomic E-state index is 3.59. The van der Waals surface area contributed by atoms with Gasteiger partial charge in [-0.2, -0.15) is 0 Å². The summed E-state index contributed by atoms with van der Waals surface area (Å²) in [5.41, 5.74) is 0. The normalized spacial score (nSPS) is 26.8. The fraction of sp³-hybridized carbons (Fsp3) is 0.800. The van der Waals surface area contributed by atoms with Crippen LogP contribution in [-0.4, -0.2) is 18.8 Å². The average Bonchev–Trinajstić information content (AvgIpc) is 2.35. The Morgan fingerprint density at radius 2 is 2.25 bits per heavy atom. The Bertz CT molecular complexity index is 146. The van der Waals surface area contributed by atoms with Gasteiger partial charge in [-0.05, 0) is 37.5 Å². The summed E-state index contributed by atoms with van der Waals surface area (Å²) in [4.78, 5) is 1.51. The molecular weight excluding hydrogens is 166 g/mol. The number of thioether (sulfide) groups is 1. The summed E-state index contributed by atoms with van der Waals surface area (Å²) in [6, 6.07) is 0.646. The molecule has 1 nitrogen and oxygen atoms in total. The van der Waals surface area contributed by atoms with Crippen LogP contribution in [-0.2, 0) is 0 Å². The van der Waals surface area contributed by atoms with Gasteiger partial charge in [-0.3, -0.25) is 0 Å². The number of allylic oxidation sites excluding steroid dienone is 1. The number of hydrogen-bond donors (Lipinski definition) is 1. The molecule has 70 valence electrons. The summed E-state index contributed by atoms with van der Waals surface area (Å²) in [7, 11) is 0. The Balaban J connectivity index is 2.47. The van der Waals surface area contributed by atoms with Gasteiger partial charge in [-0.15, -0.1) is 11.8 Å². The minimum atomic E-state index is 0.646. The van der Waals surface area contributed by atoms with Crippen molar-refractivity contribution in [3.8, 4) is 0 Å². The van der Waals surface area contributed by atoms with Crippen molar-refractivity contribution in [2.24, 2.45) is 0 Å². The highest BCUT2D eigenvalue weighted by Gasteiger charge is 2.13. The van der Waals surface area contributed by atoms with E-state index in [-0.39, 0.29) is 0 Å². The van der Waals surface area contributed by atoms with Crippen molar-refractivity contribution in [1.82, 2.24) is 5.32 Å². The van der Waals surface area contributed by atoms with Gasteiger partial charge in [0.05, 0.1) is 0 Å². The summed E-state index contributed by atoms with van der Waals surface area (Å²) in [6.07, 6.45) is 9.86. The Morgan fingerprint density at radius 1 is 1.42 bits per heavy atom. The van der Waals surface area contributed by atoms with Crippen molar-refractivity contribution in [2.45, 2.75) is 38.6 Å². The third kappa shape index (κ3) is 2.83. The van der Waals surface area contributed by atoms with E-state index in [1.807, 2.05) is 11.8 Å². The Labute approximate surface area is 80.0 Å². The molecule has 0 radical (unpaired) electrons. The fourth-order valence-corrected chi connectivity index (χ4v) is 2.45. The Hall–Kier alpha value is 0.0500. The molecule has 0 aromatic rings. The van der Waals surface area contributed by atoms with Gasteiger partial charge in [0.15, 0.2) is 0 Å². The predicted molar refractivity (Wildman–Crippen MR) is 57.5 cm³/mol. The number of rotatable bonds is 2. The molecule has 1 saturated heterocycles. The number of nitrogens with one attached hydrogen (secondary N) is 1. The molecule has 0 aromatic carbocycles. The monoisotopic (exact) mass is 185 g/mol. The molecule has 0 amide bonds. The topological polar surface area (TPSA) is 12.0 Å². The second kappa shape index (κ2) is 5.65. The minimum absolute atomic E-state index is 0.646. The highest BCUT2D eigenvalue weighted by atomic mass is 32.2. The molecule has 1 heterocycles. The van der Waals surface area contributed by atoms with Crippen LogP contribution < -0.4 is 5.32 Å². The molecule has 0 saturated carbocycles. The third-order valence-corrected chi connectivity index (χ3v) is 3.42. The Kier molecular flexibility index (Phi) is 4.77. The van der Waals surface area contributed by atoms with Crippen molar-refractivity contribution in [2.75, 3.05) is 12.8 Å². The van der Waals surface area contributed by atoms with Crippen LogP contribution in [0.5, 0.6) is 0 Å². The van der Waals surface area contributed by atoms with Crippen molar-refractivity contribution >= 4 is 11.8 Å². The average molecular weight is 185 g/mol. The largest absolute Gasteiger partial charge is 0.309 e. The lowest BCUT2D eigenvalue weighted by molar-refractivity contribution is 0.590. The van der Waals surface area contributed by atoms with Crippen LogP contribution in [0.15, 0.2) is 11.0 Å². The fourth-order valence-electron chi connectivity index (χ4n) is 1.73. The quantitative estimate of drug-likeness (QED) is 0.710. The van der Waals surface area contributed by atoms with Crippen molar-refractivity contribution in [3.05, 3.63) is 11.0 Å². The van der Waals surface area contributed by atoms with Gasteiger partial charge in [-0.25, -0.2) is 0 Å². The van der Waals surface area contributed by atoms with Gasteiger partial charge in [0.2, 0.25) is 0 Å². The van der Waals surface area contributed by atoms with Crippen LogP contribution in [0.4, 0.5) is 0 Å². The second-order valence-electron chi connectivity index (χ2n) is 3.25. The Morgan fingerprint density at radius 3 is 2.92 bits per heavy atom. The summed E-state index contributed by atoms with van der Waals surface area (Å²) in [5, 5.41) is 3.59. The zero-order valence-electron chi connectivity index (χ0n) is 8.10. The molecule has 1 rings (SSSR count). The lowest BCUT2D eigenvalue weighted by atomic mass is 10.1. The van der Waals surface area contributed by atoms with E-state index in [1.165, 1.54) is 37.1 Å². The van der Waals surface area contributed by atoms with E-state index >= 15 is 0 Å². The molecule has 12 heavy (non-hydrogen) atoms. The van der Waals surface area contributed by atoms with Gasteiger partial charge >= 0.3 is 0 Å². The van der Waals surface area contributed by atoms with Gasteiger partial charge in [0.1, 0.15) is 0 Å². The van der Waals surface area contributed by atoms with E-state index in [2.05, 4.69) is 24.6 Å². The zero-order chi connectivity index (χ0) is 8.81. The molecule has 1 atom stereocenters. The first-order chi connectivity index (χ1) is 5.88. The van der Waals surface area contributed by atoms with Crippen molar-refractivity contribution < 1.29 is 0 Å². The first kappa shape index (κ1) is 10.1. The first-order valence-electron chi connectivity index (χ1n) is 4.82. The van der Waals surface area contributed by atoms with Gasteiger partial charge in [0.25, 0.3) is 0 Å². The molecule has 1 aliphatic heterocycles. The maximum Gasteiger partial charge on any atom is 0.0376 e. The van der Waals surface area contributed by atoms with E-state index in [0.29, 0.717) is 6.04 Å². The van der Waals surface area contributed by atoms with Crippen LogP contribution in [0, 0.1) is 0 Å². The van der Waals surface area contributed by atoms with Crippen LogP contribution in [0.3, 0.4) is 0 Å². The maximum absolute atomic E-state index is 3.59. The lowest BCUT2D eigenvalue weighted by Gasteiger charge is -2.17. The van der Waals surface area contributed by atoms with E-state index < -0.39 is 0 Å². The molecule has 1 aliphatic rings. The minimum Gasteiger partial charge on any atom is -0.309 e. The van der Waals surface area contributed by atoms with Gasteiger partial charge < -0.3 is 5.32 Å². The first-order valence-corrected chi connectivity index (χ1v) is 6.04. The number of hydrogen-bond acceptors (Lipinski definition) is 2.